The van der Waals surface area contributed by atoms with Gasteiger partial charge in [-0.3, -0.25) is 4.99 Å². The van der Waals surface area contributed by atoms with Crippen molar-refractivity contribution in [1.29, 1.82) is 0 Å². The van der Waals surface area contributed by atoms with Gasteiger partial charge in [-0.25, -0.2) is 0 Å². The van der Waals surface area contributed by atoms with Crippen LogP contribution in [0.15, 0.2) is 29.3 Å². The Kier molecular flexibility index (Phi) is 10.8. The minimum absolute atomic E-state index is 0. The second-order valence-electron chi connectivity index (χ2n) is 6.02. The lowest BCUT2D eigenvalue weighted by Gasteiger charge is -2.20. The number of nitrogens with zero attached hydrogens (tertiary/aromatic N) is 2. The molecule has 1 saturated heterocycles. The molecule has 0 aliphatic carbocycles. The van der Waals surface area contributed by atoms with E-state index >= 15 is 0 Å². The normalized spacial score (nSPS) is 17.3. The molecule has 1 fully saturated rings. The summed E-state index contributed by atoms with van der Waals surface area (Å²) in [5.74, 6) is 0.834. The Morgan fingerprint density at radius 1 is 1.24 bits per heavy atom. The first-order valence-electron chi connectivity index (χ1n) is 8.58. The van der Waals surface area contributed by atoms with Crippen LogP contribution in [0.4, 0.5) is 5.69 Å². The van der Waals surface area contributed by atoms with Gasteiger partial charge in [0.25, 0.3) is 0 Å². The molecule has 0 amide bonds. The molecular formula is C18H31IN4O2. The molecular weight excluding hydrogens is 431 g/mol. The number of guanidine groups is 1. The molecule has 1 unspecified atom stereocenters. The molecule has 2 N–H and O–H groups in total. The van der Waals surface area contributed by atoms with Crippen LogP contribution in [0.5, 0.6) is 0 Å². The highest BCUT2D eigenvalue weighted by atomic mass is 127. The Balaban J connectivity index is 0.00000312. The van der Waals surface area contributed by atoms with Crippen LogP contribution in [0.2, 0.25) is 0 Å². The molecule has 1 aliphatic heterocycles. The Hall–Kier alpha value is -1.06. The van der Waals surface area contributed by atoms with E-state index in [0.29, 0.717) is 25.9 Å². The average molecular weight is 462 g/mol. The van der Waals surface area contributed by atoms with Gasteiger partial charge in [-0.05, 0) is 25.5 Å². The van der Waals surface area contributed by atoms with Crippen molar-refractivity contribution in [2.75, 3.05) is 58.5 Å². The number of methoxy groups -OCH3 is 1. The van der Waals surface area contributed by atoms with Crippen molar-refractivity contribution in [1.82, 2.24) is 10.6 Å². The number of hydrogen-bond acceptors (Lipinski definition) is 4. The highest BCUT2D eigenvalue weighted by molar-refractivity contribution is 14.0. The number of ether oxygens (including phenoxy) is 2. The molecule has 1 atom stereocenters. The molecule has 0 bridgehead atoms. The van der Waals surface area contributed by atoms with Gasteiger partial charge in [0.2, 0.25) is 0 Å². The summed E-state index contributed by atoms with van der Waals surface area (Å²) in [6.07, 6.45) is 1.11. The summed E-state index contributed by atoms with van der Waals surface area (Å²) in [4.78, 5) is 6.71. The first-order chi connectivity index (χ1) is 11.7. The van der Waals surface area contributed by atoms with Gasteiger partial charge < -0.3 is 25.0 Å². The SMILES string of the molecule is CN=C(NCCOCCOC)NC1CCN(c2ccc(C)cc2)C1.I. The maximum absolute atomic E-state index is 5.44. The minimum Gasteiger partial charge on any atom is -0.382 e. The predicted molar refractivity (Wildman–Crippen MR) is 114 cm³/mol. The first-order valence-corrected chi connectivity index (χ1v) is 8.58. The Bertz CT molecular complexity index is 510. The molecule has 1 aromatic rings. The maximum atomic E-state index is 5.44. The van der Waals surface area contributed by atoms with E-state index in [1.165, 1.54) is 11.3 Å². The largest absolute Gasteiger partial charge is 0.382 e. The second kappa shape index (κ2) is 12.3. The van der Waals surface area contributed by atoms with E-state index in [1.807, 2.05) is 0 Å². The lowest BCUT2D eigenvalue weighted by atomic mass is 10.2. The zero-order valence-electron chi connectivity index (χ0n) is 15.5. The highest BCUT2D eigenvalue weighted by Gasteiger charge is 2.23. The maximum Gasteiger partial charge on any atom is 0.191 e. The summed E-state index contributed by atoms with van der Waals surface area (Å²) in [5, 5.41) is 6.79. The molecule has 1 aliphatic rings. The van der Waals surface area contributed by atoms with Gasteiger partial charge in [-0.15, -0.1) is 24.0 Å². The molecule has 2 rings (SSSR count). The van der Waals surface area contributed by atoms with Crippen LogP contribution < -0.4 is 15.5 Å². The van der Waals surface area contributed by atoms with Gasteiger partial charge in [0.1, 0.15) is 0 Å². The molecule has 6 nitrogen and oxygen atoms in total. The highest BCUT2D eigenvalue weighted by Crippen LogP contribution is 2.20. The van der Waals surface area contributed by atoms with Crippen molar-refractivity contribution in [3.05, 3.63) is 29.8 Å². The van der Waals surface area contributed by atoms with Crippen molar-refractivity contribution in [2.45, 2.75) is 19.4 Å². The monoisotopic (exact) mass is 462 g/mol. The molecule has 1 aromatic carbocycles. The third-order valence-corrected chi connectivity index (χ3v) is 4.12. The van der Waals surface area contributed by atoms with Crippen LogP contribution in [0, 0.1) is 6.92 Å². The fourth-order valence-corrected chi connectivity index (χ4v) is 2.74. The Morgan fingerprint density at radius 3 is 2.68 bits per heavy atom. The Morgan fingerprint density at radius 2 is 2.00 bits per heavy atom. The van der Waals surface area contributed by atoms with E-state index in [-0.39, 0.29) is 24.0 Å². The molecule has 0 radical (unpaired) electrons. The number of anilines is 1. The van der Waals surface area contributed by atoms with Crippen LogP contribution in [0.25, 0.3) is 0 Å². The summed E-state index contributed by atoms with van der Waals surface area (Å²) < 4.78 is 10.4. The summed E-state index contributed by atoms with van der Waals surface area (Å²) in [5.41, 5.74) is 2.59. The van der Waals surface area contributed by atoms with E-state index < -0.39 is 0 Å². The lowest BCUT2D eigenvalue weighted by molar-refractivity contribution is 0.0733. The standard InChI is InChI=1S/C18H30N4O2.HI/c1-15-4-6-17(7-5-15)22-10-8-16(14-22)21-18(19-2)20-9-11-24-13-12-23-3;/h4-7,16H,8-14H2,1-3H3,(H2,19,20,21);1H. The van der Waals surface area contributed by atoms with Crippen molar-refractivity contribution in [3.8, 4) is 0 Å². The quantitative estimate of drug-likeness (QED) is 0.268. The summed E-state index contributed by atoms with van der Waals surface area (Å²) in [6.45, 7) is 6.81. The number of aryl methyl sites for hydroxylation is 1. The van der Waals surface area contributed by atoms with E-state index in [4.69, 9.17) is 9.47 Å². The summed E-state index contributed by atoms with van der Waals surface area (Å²) >= 11 is 0. The van der Waals surface area contributed by atoms with E-state index in [9.17, 15) is 0 Å². The number of rotatable bonds is 8. The van der Waals surface area contributed by atoms with Gasteiger partial charge in [0.15, 0.2) is 5.96 Å². The van der Waals surface area contributed by atoms with Crippen molar-refractivity contribution in [3.63, 3.8) is 0 Å². The van der Waals surface area contributed by atoms with Crippen molar-refractivity contribution < 1.29 is 9.47 Å². The van der Waals surface area contributed by atoms with Crippen LogP contribution in [0.1, 0.15) is 12.0 Å². The molecule has 0 saturated carbocycles. The van der Waals surface area contributed by atoms with Gasteiger partial charge in [-0.1, -0.05) is 17.7 Å². The van der Waals surface area contributed by atoms with Crippen LogP contribution in [0.3, 0.4) is 0 Å². The third kappa shape index (κ3) is 7.79. The fraction of sp³-hybridized carbons (Fsp3) is 0.611. The van der Waals surface area contributed by atoms with Gasteiger partial charge in [0.05, 0.1) is 19.8 Å². The number of halogens is 1. The topological polar surface area (TPSA) is 58.1 Å². The van der Waals surface area contributed by atoms with E-state index in [1.54, 1.807) is 14.2 Å². The van der Waals surface area contributed by atoms with Crippen molar-refractivity contribution in [2.24, 2.45) is 4.99 Å². The predicted octanol–water partition coefficient (Wildman–Crippen LogP) is 2.02. The van der Waals surface area contributed by atoms with E-state index in [0.717, 1.165) is 32.0 Å². The molecule has 0 spiro atoms. The van der Waals surface area contributed by atoms with Crippen LogP contribution in [-0.4, -0.2) is 65.6 Å². The lowest BCUT2D eigenvalue weighted by Crippen LogP contribution is -2.45. The zero-order valence-corrected chi connectivity index (χ0v) is 17.8. The molecule has 1 heterocycles. The minimum atomic E-state index is 0. The average Bonchev–Trinajstić information content (AvgIpc) is 3.06. The Labute approximate surface area is 168 Å². The van der Waals surface area contributed by atoms with Gasteiger partial charge in [-0.2, -0.15) is 0 Å². The molecule has 7 heteroatoms. The fourth-order valence-electron chi connectivity index (χ4n) is 2.74. The zero-order chi connectivity index (χ0) is 17.2. The summed E-state index contributed by atoms with van der Waals surface area (Å²) in [7, 11) is 3.47. The number of benzene rings is 1. The molecule has 142 valence electrons. The molecule has 0 aromatic heterocycles. The smallest absolute Gasteiger partial charge is 0.191 e. The second-order valence-corrected chi connectivity index (χ2v) is 6.02. The van der Waals surface area contributed by atoms with E-state index in [2.05, 4.69) is 51.7 Å². The molecule has 25 heavy (non-hydrogen) atoms. The van der Waals surface area contributed by atoms with Crippen LogP contribution >= 0.6 is 24.0 Å². The number of nitrogens with one attached hydrogen (secondary N) is 2. The third-order valence-electron chi connectivity index (χ3n) is 4.12. The van der Waals surface area contributed by atoms with Crippen molar-refractivity contribution >= 4 is 35.6 Å². The van der Waals surface area contributed by atoms with Crippen LogP contribution in [-0.2, 0) is 9.47 Å². The number of hydrogen-bond donors (Lipinski definition) is 2. The number of aliphatic imine (C=N–C) groups is 1. The first kappa shape index (κ1) is 22.0. The summed E-state index contributed by atoms with van der Waals surface area (Å²) in [6, 6.07) is 9.14. The van der Waals surface area contributed by atoms with Gasteiger partial charge >= 0.3 is 0 Å². The van der Waals surface area contributed by atoms with Gasteiger partial charge in [0, 0.05) is 45.5 Å².